The van der Waals surface area contributed by atoms with E-state index >= 15 is 0 Å². The van der Waals surface area contributed by atoms with Crippen molar-refractivity contribution in [1.82, 2.24) is 20.0 Å². The molecule has 0 unspecified atom stereocenters. The first-order valence-electron chi connectivity index (χ1n) is 13.1. The number of benzene rings is 2. The number of para-hydroxylation sites is 1. The van der Waals surface area contributed by atoms with Gasteiger partial charge in [0.2, 0.25) is 0 Å². The third-order valence-corrected chi connectivity index (χ3v) is 7.84. The van der Waals surface area contributed by atoms with Gasteiger partial charge in [-0.2, -0.15) is 0 Å². The summed E-state index contributed by atoms with van der Waals surface area (Å²) in [4.78, 5) is 31.7. The standard InChI is InChI=1S/C28H37N5O2/c34-27(29-15-10-22-11-16-31(17-12-22)20-23-6-2-1-3-7-23)32-18-13-25(14-19-32)33-21-24-8-4-5-9-26(24)30-28(33)35/h1-9,22,25H,10-21H2,(H,29,34)(H,30,35). The van der Waals surface area contributed by atoms with Gasteiger partial charge in [0.15, 0.2) is 0 Å². The van der Waals surface area contributed by atoms with Gasteiger partial charge in [0.1, 0.15) is 0 Å². The number of hydrogen-bond acceptors (Lipinski definition) is 3. The molecule has 35 heavy (non-hydrogen) atoms. The number of likely N-dealkylation sites (tertiary alicyclic amines) is 2. The average molecular weight is 476 g/mol. The third-order valence-electron chi connectivity index (χ3n) is 7.84. The summed E-state index contributed by atoms with van der Waals surface area (Å²) in [5.74, 6) is 0.688. The highest BCUT2D eigenvalue weighted by Gasteiger charge is 2.32. The molecule has 0 atom stereocenters. The Bertz CT molecular complexity index is 997. The number of anilines is 1. The van der Waals surface area contributed by atoms with Crippen LogP contribution in [-0.4, -0.2) is 65.5 Å². The van der Waals surface area contributed by atoms with Gasteiger partial charge in [-0.3, -0.25) is 4.90 Å². The summed E-state index contributed by atoms with van der Waals surface area (Å²) in [6.07, 6.45) is 5.10. The van der Waals surface area contributed by atoms with E-state index in [1.165, 1.54) is 18.4 Å². The number of nitrogens with zero attached hydrogens (tertiary/aromatic N) is 3. The molecule has 0 aliphatic carbocycles. The van der Waals surface area contributed by atoms with Gasteiger partial charge in [-0.25, -0.2) is 9.59 Å². The molecule has 3 aliphatic rings. The predicted octanol–water partition coefficient (Wildman–Crippen LogP) is 4.51. The van der Waals surface area contributed by atoms with Crippen molar-refractivity contribution in [3.8, 4) is 0 Å². The molecule has 0 spiro atoms. The lowest BCUT2D eigenvalue weighted by Crippen LogP contribution is -2.52. The number of nitrogens with one attached hydrogen (secondary N) is 2. The SMILES string of the molecule is O=C(NCCC1CCN(Cc2ccccc2)CC1)N1CCC(N2Cc3ccccc3NC2=O)CC1. The minimum atomic E-state index is -0.0265. The number of fused-ring (bicyclic) bond motifs is 1. The monoisotopic (exact) mass is 475 g/mol. The molecule has 2 aromatic rings. The lowest BCUT2D eigenvalue weighted by atomic mass is 9.93. The van der Waals surface area contributed by atoms with E-state index in [9.17, 15) is 9.59 Å². The van der Waals surface area contributed by atoms with Crippen molar-refractivity contribution in [3.05, 3.63) is 65.7 Å². The molecular weight excluding hydrogens is 438 g/mol. The zero-order valence-electron chi connectivity index (χ0n) is 20.5. The minimum absolute atomic E-state index is 0.0265. The number of carbonyl (C=O) groups excluding carboxylic acids is 2. The van der Waals surface area contributed by atoms with Crippen molar-refractivity contribution in [1.29, 1.82) is 0 Å². The Morgan fingerprint density at radius 2 is 1.63 bits per heavy atom. The third kappa shape index (κ3) is 5.96. The Labute approximate surface area is 208 Å². The van der Waals surface area contributed by atoms with Crippen LogP contribution in [0, 0.1) is 5.92 Å². The van der Waals surface area contributed by atoms with Crippen molar-refractivity contribution in [2.45, 2.75) is 51.2 Å². The molecule has 7 nitrogen and oxygen atoms in total. The highest BCUT2D eigenvalue weighted by Crippen LogP contribution is 2.27. The summed E-state index contributed by atoms with van der Waals surface area (Å²) in [7, 11) is 0. The Kier molecular flexibility index (Phi) is 7.52. The maximum Gasteiger partial charge on any atom is 0.322 e. The van der Waals surface area contributed by atoms with Crippen molar-refractivity contribution < 1.29 is 9.59 Å². The van der Waals surface area contributed by atoms with Crippen molar-refractivity contribution in [2.24, 2.45) is 5.92 Å². The Hall–Kier alpha value is -3.06. The molecule has 186 valence electrons. The van der Waals surface area contributed by atoms with E-state index in [2.05, 4.69) is 51.9 Å². The molecule has 0 saturated carbocycles. The molecule has 0 bridgehead atoms. The van der Waals surface area contributed by atoms with Crippen LogP contribution in [0.25, 0.3) is 0 Å². The van der Waals surface area contributed by atoms with Gasteiger partial charge in [-0.15, -0.1) is 0 Å². The average Bonchev–Trinajstić information content (AvgIpc) is 2.90. The van der Waals surface area contributed by atoms with Crippen LogP contribution in [-0.2, 0) is 13.1 Å². The van der Waals surface area contributed by atoms with Crippen LogP contribution in [0.4, 0.5) is 15.3 Å². The molecule has 2 saturated heterocycles. The van der Waals surface area contributed by atoms with E-state index < -0.39 is 0 Å². The second kappa shape index (κ2) is 11.1. The summed E-state index contributed by atoms with van der Waals surface area (Å²) >= 11 is 0. The van der Waals surface area contributed by atoms with Crippen LogP contribution < -0.4 is 10.6 Å². The number of rotatable bonds is 6. The van der Waals surface area contributed by atoms with Gasteiger partial charge in [0.05, 0.1) is 0 Å². The molecule has 0 radical (unpaired) electrons. The van der Waals surface area contributed by atoms with Crippen LogP contribution >= 0.6 is 0 Å². The van der Waals surface area contributed by atoms with E-state index in [0.29, 0.717) is 25.6 Å². The largest absolute Gasteiger partial charge is 0.338 e. The van der Waals surface area contributed by atoms with Gasteiger partial charge in [0, 0.05) is 44.5 Å². The fourth-order valence-electron chi connectivity index (χ4n) is 5.67. The van der Waals surface area contributed by atoms with Gasteiger partial charge in [-0.05, 0) is 68.3 Å². The number of amides is 4. The maximum atomic E-state index is 12.7. The fraction of sp³-hybridized carbons (Fsp3) is 0.500. The molecule has 2 N–H and O–H groups in total. The lowest BCUT2D eigenvalue weighted by Gasteiger charge is -2.40. The first kappa shape index (κ1) is 23.7. The van der Waals surface area contributed by atoms with Crippen LogP contribution in [0.3, 0.4) is 0 Å². The second-order valence-electron chi connectivity index (χ2n) is 10.2. The molecule has 4 amide bonds. The number of carbonyl (C=O) groups is 2. The van der Waals surface area contributed by atoms with E-state index in [-0.39, 0.29) is 18.1 Å². The van der Waals surface area contributed by atoms with Crippen LogP contribution in [0.15, 0.2) is 54.6 Å². The Morgan fingerprint density at radius 1 is 0.914 bits per heavy atom. The summed E-state index contributed by atoms with van der Waals surface area (Å²) < 4.78 is 0. The molecule has 3 heterocycles. The van der Waals surface area contributed by atoms with Gasteiger partial charge in [-0.1, -0.05) is 48.5 Å². The van der Waals surface area contributed by atoms with E-state index in [1.54, 1.807) is 0 Å². The van der Waals surface area contributed by atoms with Crippen molar-refractivity contribution in [2.75, 3.05) is 38.0 Å². The summed E-state index contributed by atoms with van der Waals surface area (Å²) in [5, 5.41) is 6.15. The summed E-state index contributed by atoms with van der Waals surface area (Å²) in [5.41, 5.74) is 3.44. The Morgan fingerprint density at radius 3 is 2.40 bits per heavy atom. The number of urea groups is 2. The predicted molar refractivity (Wildman–Crippen MR) is 138 cm³/mol. The van der Waals surface area contributed by atoms with Crippen LogP contribution in [0.5, 0.6) is 0 Å². The zero-order valence-corrected chi connectivity index (χ0v) is 20.5. The van der Waals surface area contributed by atoms with E-state index in [4.69, 9.17) is 0 Å². The topological polar surface area (TPSA) is 67.9 Å². The first-order valence-corrected chi connectivity index (χ1v) is 13.1. The zero-order chi connectivity index (χ0) is 24.0. The number of piperidine rings is 2. The summed E-state index contributed by atoms with van der Waals surface area (Å²) in [6, 6.07) is 18.8. The highest BCUT2D eigenvalue weighted by atomic mass is 16.2. The van der Waals surface area contributed by atoms with Crippen LogP contribution in [0.2, 0.25) is 0 Å². The molecule has 5 rings (SSSR count). The lowest BCUT2D eigenvalue weighted by molar-refractivity contribution is 0.127. The van der Waals surface area contributed by atoms with Gasteiger partial charge < -0.3 is 20.4 Å². The second-order valence-corrected chi connectivity index (χ2v) is 10.2. The molecule has 7 heteroatoms. The normalized spacial score (nSPS) is 19.8. The van der Waals surface area contributed by atoms with Gasteiger partial charge in [0.25, 0.3) is 0 Å². The first-order chi connectivity index (χ1) is 17.2. The molecule has 2 fully saturated rings. The van der Waals surface area contributed by atoms with Crippen molar-refractivity contribution in [3.63, 3.8) is 0 Å². The minimum Gasteiger partial charge on any atom is -0.338 e. The quantitative estimate of drug-likeness (QED) is 0.646. The van der Waals surface area contributed by atoms with Crippen LogP contribution in [0.1, 0.15) is 43.2 Å². The van der Waals surface area contributed by atoms with E-state index in [0.717, 1.165) is 56.7 Å². The molecule has 2 aromatic carbocycles. The highest BCUT2D eigenvalue weighted by molar-refractivity contribution is 5.92. The maximum absolute atomic E-state index is 12.7. The smallest absolute Gasteiger partial charge is 0.322 e. The molecule has 0 aromatic heterocycles. The fourth-order valence-corrected chi connectivity index (χ4v) is 5.67. The molecular formula is C28H37N5O2. The summed E-state index contributed by atoms with van der Waals surface area (Å²) in [6.45, 7) is 6.08. The van der Waals surface area contributed by atoms with Gasteiger partial charge >= 0.3 is 12.1 Å². The Balaban J connectivity index is 0.993. The van der Waals surface area contributed by atoms with Crippen molar-refractivity contribution >= 4 is 17.7 Å². The molecule has 3 aliphatic heterocycles. The number of hydrogen-bond donors (Lipinski definition) is 2. The van der Waals surface area contributed by atoms with E-state index in [1.807, 2.05) is 28.0 Å².